The Kier molecular flexibility index (Phi) is 5.08. The van der Waals surface area contributed by atoms with E-state index in [1.165, 1.54) is 6.07 Å². The van der Waals surface area contributed by atoms with E-state index in [0.29, 0.717) is 9.56 Å². The van der Waals surface area contributed by atoms with Crippen molar-refractivity contribution in [3.05, 3.63) is 60.2 Å². The van der Waals surface area contributed by atoms with Gasteiger partial charge < -0.3 is 0 Å². The molecule has 0 aliphatic rings. The average Bonchev–Trinajstić information content (AvgIpc) is 2.53. The van der Waals surface area contributed by atoms with Crippen LogP contribution in [0.5, 0.6) is 0 Å². The van der Waals surface area contributed by atoms with Crippen molar-refractivity contribution in [1.82, 2.24) is 0 Å². The summed E-state index contributed by atoms with van der Waals surface area (Å²) in [6.07, 6.45) is 1.85. The SMILES string of the molecule is CCCC[As](=O)(c1ccccc1)c1cccc(C(=O)O)c1. The summed E-state index contributed by atoms with van der Waals surface area (Å²) in [4.78, 5) is 11.1. The molecule has 1 atom stereocenters. The molecule has 0 spiro atoms. The Morgan fingerprint density at radius 1 is 1.05 bits per heavy atom. The van der Waals surface area contributed by atoms with Gasteiger partial charge in [0.2, 0.25) is 0 Å². The van der Waals surface area contributed by atoms with E-state index in [1.54, 1.807) is 18.2 Å². The molecule has 0 aromatic heterocycles. The molecule has 0 fully saturated rings. The van der Waals surface area contributed by atoms with E-state index < -0.39 is 19.5 Å². The van der Waals surface area contributed by atoms with Crippen LogP contribution < -0.4 is 8.70 Å². The van der Waals surface area contributed by atoms with Crippen molar-refractivity contribution in [1.29, 1.82) is 0 Å². The van der Waals surface area contributed by atoms with Crippen LogP contribution in [0.15, 0.2) is 54.6 Å². The van der Waals surface area contributed by atoms with Crippen molar-refractivity contribution in [2.45, 2.75) is 25.0 Å². The molecule has 0 bridgehead atoms. The second kappa shape index (κ2) is 6.82. The minimum absolute atomic E-state index is 0.196. The van der Waals surface area contributed by atoms with Gasteiger partial charge in [0.15, 0.2) is 0 Å². The molecule has 0 aliphatic heterocycles. The number of hydrogen-bond acceptors (Lipinski definition) is 2. The molecule has 1 unspecified atom stereocenters. The number of rotatable bonds is 6. The third-order valence-corrected chi connectivity index (χ3v) is 10.2. The number of carboxylic acid groups (broad SMARTS) is 1. The maximum atomic E-state index is 13.6. The number of benzene rings is 2. The van der Waals surface area contributed by atoms with Gasteiger partial charge in [-0.05, 0) is 0 Å². The van der Waals surface area contributed by atoms with Gasteiger partial charge in [0.25, 0.3) is 0 Å². The molecule has 0 saturated carbocycles. The van der Waals surface area contributed by atoms with E-state index in [-0.39, 0.29) is 5.56 Å². The van der Waals surface area contributed by atoms with Crippen LogP contribution in [-0.2, 0) is 3.74 Å². The van der Waals surface area contributed by atoms with Crippen molar-refractivity contribution in [3.8, 4) is 0 Å². The van der Waals surface area contributed by atoms with Gasteiger partial charge in [-0.1, -0.05) is 0 Å². The van der Waals surface area contributed by atoms with Crippen molar-refractivity contribution in [2.24, 2.45) is 0 Å². The van der Waals surface area contributed by atoms with Crippen molar-refractivity contribution in [2.75, 3.05) is 0 Å². The Morgan fingerprint density at radius 2 is 1.71 bits per heavy atom. The fourth-order valence-electron chi connectivity index (χ4n) is 2.32. The van der Waals surface area contributed by atoms with Gasteiger partial charge in [0.05, 0.1) is 0 Å². The van der Waals surface area contributed by atoms with Gasteiger partial charge in [0.1, 0.15) is 0 Å². The summed E-state index contributed by atoms with van der Waals surface area (Å²) in [6.45, 7) is 2.07. The van der Waals surface area contributed by atoms with Gasteiger partial charge in [-0.3, -0.25) is 0 Å². The molecule has 1 N–H and O–H groups in total. The topological polar surface area (TPSA) is 54.4 Å². The molecular formula is C17H19AsO3. The van der Waals surface area contributed by atoms with E-state index in [4.69, 9.17) is 5.11 Å². The first kappa shape index (κ1) is 15.7. The standard InChI is InChI=1S/C17H19AsO3/c1-2-3-12-18(21,15-9-5-4-6-10-15)16-11-7-8-14(13-16)17(19)20/h4-11,13H,2-3,12H2,1H3,(H,19,20). The molecular weight excluding hydrogens is 327 g/mol. The summed E-state index contributed by atoms with van der Waals surface area (Å²) < 4.78 is 15.2. The normalized spacial score (nSPS) is 13.6. The van der Waals surface area contributed by atoms with Crippen molar-refractivity contribution < 1.29 is 13.6 Å². The predicted molar refractivity (Wildman–Crippen MR) is 85.3 cm³/mol. The molecule has 3 nitrogen and oxygen atoms in total. The Balaban J connectivity index is 2.53. The number of unbranched alkanes of at least 4 members (excludes halogenated alkanes) is 1. The molecule has 110 valence electrons. The summed E-state index contributed by atoms with van der Waals surface area (Å²) in [6, 6.07) is 16.1. The average molecular weight is 346 g/mol. The number of hydrogen-bond donors (Lipinski definition) is 1. The molecule has 0 heterocycles. The summed E-state index contributed by atoms with van der Waals surface area (Å²) in [5, 5.41) is 9.77. The third-order valence-electron chi connectivity index (χ3n) is 3.51. The first-order valence-corrected chi connectivity index (χ1v) is 11.0. The summed E-state index contributed by atoms with van der Waals surface area (Å²) in [5.74, 6) is -0.984. The van der Waals surface area contributed by atoms with E-state index >= 15 is 0 Å². The van der Waals surface area contributed by atoms with Crippen LogP contribution >= 0.6 is 0 Å². The molecule has 0 aliphatic carbocycles. The van der Waals surface area contributed by atoms with Gasteiger partial charge in [-0.25, -0.2) is 0 Å². The van der Waals surface area contributed by atoms with Crippen LogP contribution in [-0.4, -0.2) is 24.6 Å². The van der Waals surface area contributed by atoms with Crippen LogP contribution in [0.3, 0.4) is 0 Å². The van der Waals surface area contributed by atoms with Gasteiger partial charge in [-0.2, -0.15) is 0 Å². The zero-order chi connectivity index (χ0) is 15.3. The Bertz CT molecular complexity index is 665. The predicted octanol–water partition coefficient (Wildman–Crippen LogP) is 2.68. The molecule has 0 amide bonds. The Hall–Kier alpha value is -1.73. The first-order chi connectivity index (χ1) is 10.1. The van der Waals surface area contributed by atoms with Gasteiger partial charge in [-0.15, -0.1) is 0 Å². The van der Waals surface area contributed by atoms with Crippen LogP contribution in [0, 0.1) is 0 Å². The van der Waals surface area contributed by atoms with Gasteiger partial charge in [0, 0.05) is 0 Å². The molecule has 21 heavy (non-hydrogen) atoms. The number of carbonyl (C=O) groups is 1. The van der Waals surface area contributed by atoms with E-state index in [2.05, 4.69) is 6.92 Å². The summed E-state index contributed by atoms with van der Waals surface area (Å²) in [5.41, 5.74) is 0.196. The van der Waals surface area contributed by atoms with E-state index in [9.17, 15) is 8.53 Å². The monoisotopic (exact) mass is 346 g/mol. The maximum absolute atomic E-state index is 13.6. The summed E-state index contributed by atoms with van der Waals surface area (Å²) in [7, 11) is 0. The molecule has 0 saturated heterocycles. The second-order valence-electron chi connectivity index (χ2n) is 5.01. The molecule has 2 aromatic rings. The van der Waals surface area contributed by atoms with Crippen molar-refractivity contribution >= 4 is 28.2 Å². The number of carboxylic acids is 1. The van der Waals surface area contributed by atoms with E-state index in [0.717, 1.165) is 17.2 Å². The zero-order valence-corrected chi connectivity index (χ0v) is 13.9. The minimum atomic E-state index is -3.52. The Labute approximate surface area is 127 Å². The van der Waals surface area contributed by atoms with Crippen LogP contribution in [0.2, 0.25) is 5.21 Å². The molecule has 0 radical (unpaired) electrons. The van der Waals surface area contributed by atoms with Crippen molar-refractivity contribution in [3.63, 3.8) is 0 Å². The first-order valence-electron chi connectivity index (χ1n) is 7.06. The second-order valence-corrected chi connectivity index (χ2v) is 11.2. The fourth-order valence-corrected chi connectivity index (χ4v) is 8.41. The van der Waals surface area contributed by atoms with E-state index in [1.807, 2.05) is 30.3 Å². The van der Waals surface area contributed by atoms with Crippen LogP contribution in [0.4, 0.5) is 0 Å². The molecule has 4 heteroatoms. The third kappa shape index (κ3) is 3.48. The van der Waals surface area contributed by atoms with Gasteiger partial charge >= 0.3 is 127 Å². The summed E-state index contributed by atoms with van der Waals surface area (Å²) >= 11 is -3.52. The number of aromatic carboxylic acids is 1. The quantitative estimate of drug-likeness (QED) is 0.819. The Morgan fingerprint density at radius 3 is 2.33 bits per heavy atom. The molecule has 2 aromatic carbocycles. The fraction of sp³-hybridized carbons (Fsp3) is 0.235. The molecule has 2 rings (SSSR count). The zero-order valence-electron chi connectivity index (χ0n) is 12.0. The van der Waals surface area contributed by atoms with Crippen LogP contribution in [0.25, 0.3) is 0 Å². The van der Waals surface area contributed by atoms with Crippen LogP contribution in [0.1, 0.15) is 30.1 Å².